The SMILES string of the molecule is CC(=O)Nc1ccc(N=Nc2cc(OCCO)c(N=Nc3c(S(=O)(=O)O)cc4cc(S(=O)(=O)O)c(N)cc4c3O)cc2OCCO)c(S(=O)(=O)O)c1. The molecule has 0 spiro atoms. The van der Waals surface area contributed by atoms with Crippen LogP contribution in [0.2, 0.25) is 0 Å². The van der Waals surface area contributed by atoms with Crippen molar-refractivity contribution >= 4 is 81.2 Å². The first-order valence-corrected chi connectivity index (χ1v) is 18.5. The van der Waals surface area contributed by atoms with Crippen molar-refractivity contribution in [2.45, 2.75) is 21.6 Å². The smallest absolute Gasteiger partial charge is 0.296 e. The van der Waals surface area contributed by atoms with Crippen LogP contribution >= 0.6 is 0 Å². The fraction of sp³-hybridized carbons (Fsp3) is 0.179. The molecule has 9 N–H and O–H groups in total. The Morgan fingerprint density at radius 3 is 1.71 bits per heavy atom. The number of hydrogen-bond acceptors (Lipinski definition) is 17. The van der Waals surface area contributed by atoms with Crippen molar-refractivity contribution in [2.75, 3.05) is 37.5 Å². The number of nitrogens with two attached hydrogens (primary N) is 1. The molecule has 0 aromatic heterocycles. The van der Waals surface area contributed by atoms with Crippen LogP contribution in [0.5, 0.6) is 17.2 Å². The van der Waals surface area contributed by atoms with Gasteiger partial charge in [0.05, 0.1) is 18.9 Å². The highest BCUT2D eigenvalue weighted by molar-refractivity contribution is 7.86. The number of fused-ring (bicyclic) bond motifs is 1. The van der Waals surface area contributed by atoms with Crippen LogP contribution in [0.15, 0.2) is 83.7 Å². The fourth-order valence-corrected chi connectivity index (χ4v) is 6.38. The molecule has 24 heteroatoms. The van der Waals surface area contributed by atoms with Gasteiger partial charge in [-0.15, -0.1) is 20.5 Å². The number of phenolic OH excluding ortho intramolecular Hbond substituents is 1. The number of carbonyl (C=O) groups excluding carboxylic acids is 1. The molecule has 52 heavy (non-hydrogen) atoms. The van der Waals surface area contributed by atoms with Crippen molar-refractivity contribution in [3.63, 3.8) is 0 Å². The second-order valence-corrected chi connectivity index (χ2v) is 14.5. The number of nitrogen functional groups attached to an aromatic ring is 1. The average molecular weight is 785 g/mol. The molecule has 278 valence electrons. The molecule has 0 aliphatic carbocycles. The van der Waals surface area contributed by atoms with Gasteiger partial charge in [0.1, 0.15) is 62.1 Å². The topological polar surface area (TPSA) is 347 Å². The van der Waals surface area contributed by atoms with Gasteiger partial charge in [0.15, 0.2) is 5.75 Å². The zero-order valence-electron chi connectivity index (χ0n) is 26.4. The predicted octanol–water partition coefficient (Wildman–Crippen LogP) is 3.40. The summed E-state index contributed by atoms with van der Waals surface area (Å²) in [7, 11) is -15.0. The van der Waals surface area contributed by atoms with E-state index in [1.54, 1.807) is 0 Å². The highest BCUT2D eigenvalue weighted by Crippen LogP contribution is 2.45. The Labute approximate surface area is 294 Å². The number of benzene rings is 4. The van der Waals surface area contributed by atoms with Crippen molar-refractivity contribution in [1.29, 1.82) is 0 Å². The van der Waals surface area contributed by atoms with Gasteiger partial charge in [-0.3, -0.25) is 18.5 Å². The number of hydrogen-bond donors (Lipinski definition) is 8. The number of rotatable bonds is 14. The van der Waals surface area contributed by atoms with Crippen LogP contribution in [0.1, 0.15) is 6.92 Å². The number of aliphatic hydroxyl groups is 2. The predicted molar refractivity (Wildman–Crippen MR) is 180 cm³/mol. The van der Waals surface area contributed by atoms with E-state index in [0.29, 0.717) is 0 Å². The summed E-state index contributed by atoms with van der Waals surface area (Å²) in [4.78, 5) is 8.82. The lowest BCUT2D eigenvalue weighted by atomic mass is 10.1. The Bertz CT molecular complexity index is 2450. The monoisotopic (exact) mass is 784 g/mol. The van der Waals surface area contributed by atoms with E-state index >= 15 is 0 Å². The number of nitrogens with one attached hydrogen (secondary N) is 1. The maximum absolute atomic E-state index is 12.3. The first kappa shape index (κ1) is 39.4. The molecule has 1 amide bonds. The van der Waals surface area contributed by atoms with Gasteiger partial charge < -0.3 is 35.8 Å². The van der Waals surface area contributed by atoms with E-state index in [1.165, 1.54) is 13.0 Å². The molecule has 4 aromatic rings. The van der Waals surface area contributed by atoms with E-state index < -0.39 is 81.3 Å². The van der Waals surface area contributed by atoms with Gasteiger partial charge in [0.2, 0.25) is 5.91 Å². The van der Waals surface area contributed by atoms with Crippen LogP contribution in [0.4, 0.5) is 34.1 Å². The quantitative estimate of drug-likeness (QED) is 0.0516. The summed E-state index contributed by atoms with van der Waals surface area (Å²) in [5, 5.41) is 47.1. The first-order chi connectivity index (χ1) is 24.2. The van der Waals surface area contributed by atoms with Gasteiger partial charge in [-0.05, 0) is 41.8 Å². The van der Waals surface area contributed by atoms with E-state index in [-0.39, 0.29) is 58.2 Å². The van der Waals surface area contributed by atoms with Crippen LogP contribution in [0, 0.1) is 0 Å². The summed E-state index contributed by atoms with van der Waals surface area (Å²) in [6.45, 7) is -0.574. The van der Waals surface area contributed by atoms with Crippen molar-refractivity contribution in [3.05, 3.63) is 48.5 Å². The number of aliphatic hydroxyl groups excluding tert-OH is 2. The molecule has 0 atom stereocenters. The van der Waals surface area contributed by atoms with Crippen molar-refractivity contribution < 1.29 is 68.5 Å². The third-order valence-corrected chi connectivity index (χ3v) is 9.22. The molecule has 21 nitrogen and oxygen atoms in total. The number of carbonyl (C=O) groups is 1. The maximum atomic E-state index is 12.3. The summed E-state index contributed by atoms with van der Waals surface area (Å²) in [6.07, 6.45) is 0. The van der Waals surface area contributed by atoms with Crippen LogP contribution in [0.3, 0.4) is 0 Å². The molecule has 0 radical (unpaired) electrons. The lowest BCUT2D eigenvalue weighted by Gasteiger charge is -2.13. The number of ether oxygens (including phenoxy) is 2. The van der Waals surface area contributed by atoms with E-state index in [4.69, 9.17) is 15.2 Å². The van der Waals surface area contributed by atoms with Crippen LogP contribution in [0.25, 0.3) is 10.8 Å². The van der Waals surface area contributed by atoms with Crippen molar-refractivity contribution in [2.24, 2.45) is 20.5 Å². The zero-order valence-corrected chi connectivity index (χ0v) is 28.8. The molecule has 0 aliphatic heterocycles. The normalized spacial score (nSPS) is 12.5. The van der Waals surface area contributed by atoms with Gasteiger partial charge >= 0.3 is 0 Å². The fourth-order valence-electron chi connectivity index (χ4n) is 4.44. The minimum Gasteiger partial charge on any atom is -0.505 e. The van der Waals surface area contributed by atoms with Gasteiger partial charge in [-0.2, -0.15) is 25.3 Å². The van der Waals surface area contributed by atoms with Crippen LogP contribution in [-0.2, 0) is 35.1 Å². The van der Waals surface area contributed by atoms with E-state index in [1.807, 2.05) is 0 Å². The molecule has 0 unspecified atom stereocenters. The highest BCUT2D eigenvalue weighted by atomic mass is 32.2. The van der Waals surface area contributed by atoms with E-state index in [2.05, 4.69) is 25.8 Å². The molecule has 4 rings (SSSR count). The lowest BCUT2D eigenvalue weighted by Crippen LogP contribution is -2.07. The Morgan fingerprint density at radius 2 is 1.21 bits per heavy atom. The largest absolute Gasteiger partial charge is 0.505 e. The van der Waals surface area contributed by atoms with Crippen LogP contribution < -0.4 is 20.5 Å². The van der Waals surface area contributed by atoms with Gasteiger partial charge in [0, 0.05) is 30.1 Å². The average Bonchev–Trinajstić information content (AvgIpc) is 3.04. The Balaban J connectivity index is 1.91. The molecule has 4 aromatic carbocycles. The number of phenols is 1. The van der Waals surface area contributed by atoms with E-state index in [9.17, 15) is 59.0 Å². The zero-order chi connectivity index (χ0) is 38.6. The number of anilines is 2. The maximum Gasteiger partial charge on any atom is 0.296 e. The summed E-state index contributed by atoms with van der Waals surface area (Å²) in [6, 6.07) is 7.92. The minimum atomic E-state index is -5.20. The second kappa shape index (κ2) is 15.5. The third-order valence-electron chi connectivity index (χ3n) is 6.56. The first-order valence-electron chi connectivity index (χ1n) is 14.2. The lowest BCUT2D eigenvalue weighted by molar-refractivity contribution is -0.114. The van der Waals surface area contributed by atoms with Crippen molar-refractivity contribution in [1.82, 2.24) is 0 Å². The second-order valence-electron chi connectivity index (χ2n) is 10.3. The molecular formula is C28H28N6O15S3. The molecular weight excluding hydrogens is 757 g/mol. The van der Waals surface area contributed by atoms with E-state index in [0.717, 1.165) is 42.5 Å². The Morgan fingerprint density at radius 1 is 0.712 bits per heavy atom. The van der Waals surface area contributed by atoms with Gasteiger partial charge in [0.25, 0.3) is 30.4 Å². The molecule has 0 saturated heterocycles. The highest BCUT2D eigenvalue weighted by Gasteiger charge is 2.25. The standard InChI is InChI=1S/C28H28N6O15S3/c1-14(37)30-16-2-3-19(25(10-16)51(42,43)44)31-32-20-12-23(49-7-5-36)21(13-22(20)48-6-4-35)33-34-27-26(52(45,46)47)9-15-8-24(50(39,40)41)18(29)11-17(15)28(27)38/h2-3,8-13,35-36,38H,4-7,29H2,1H3,(H,30,37)(H,39,40,41)(H,42,43,44)(H,45,46,47). The number of azo groups is 2. The molecule has 0 fully saturated rings. The summed E-state index contributed by atoms with van der Waals surface area (Å²) in [5.41, 5.74) is 3.46. The third kappa shape index (κ3) is 9.30. The van der Waals surface area contributed by atoms with Crippen LogP contribution in [-0.4, -0.2) is 86.6 Å². The summed E-state index contributed by atoms with van der Waals surface area (Å²) < 4.78 is 112. The number of nitrogens with zero attached hydrogens (tertiary/aromatic N) is 4. The minimum absolute atomic E-state index is 0.0152. The molecule has 0 aliphatic rings. The van der Waals surface area contributed by atoms with Gasteiger partial charge in [-0.25, -0.2) is 0 Å². The summed E-state index contributed by atoms with van der Waals surface area (Å²) >= 11 is 0. The molecule has 0 bridgehead atoms. The number of aromatic hydroxyl groups is 1. The van der Waals surface area contributed by atoms with Crippen molar-refractivity contribution in [3.8, 4) is 17.2 Å². The number of amides is 1. The molecule has 0 saturated carbocycles. The molecule has 0 heterocycles. The Hall–Kier alpha value is -5.34. The van der Waals surface area contributed by atoms with Gasteiger partial charge in [-0.1, -0.05) is 0 Å². The Kier molecular flexibility index (Phi) is 11.8. The summed E-state index contributed by atoms with van der Waals surface area (Å²) in [5.74, 6) is -1.93.